The molecule has 0 N–H and O–H groups in total. The molecule has 16 heavy (non-hydrogen) atoms. The highest BCUT2D eigenvalue weighted by Crippen LogP contribution is 2.28. The Morgan fingerprint density at radius 2 is 1.94 bits per heavy atom. The molecule has 2 heteroatoms. The lowest BCUT2D eigenvalue weighted by molar-refractivity contribution is 0.363. The molecule has 1 aromatic carbocycles. The number of hydrogen-bond acceptors (Lipinski definition) is 1. The Kier molecular flexibility index (Phi) is 3.91. The number of nitrogens with zero attached hydrogens (tertiary/aromatic N) is 1. The second-order valence-electron chi connectivity index (χ2n) is 4.85. The lowest BCUT2D eigenvalue weighted by atomic mass is 9.91. The van der Waals surface area contributed by atoms with E-state index < -0.39 is 0 Å². The van der Waals surface area contributed by atoms with Gasteiger partial charge in [-0.3, -0.25) is 0 Å². The van der Waals surface area contributed by atoms with Crippen molar-refractivity contribution in [3.05, 3.63) is 29.8 Å². The zero-order valence-electron chi connectivity index (χ0n) is 10.1. The summed E-state index contributed by atoms with van der Waals surface area (Å²) in [7, 11) is 0. The summed E-state index contributed by atoms with van der Waals surface area (Å²) in [5, 5.41) is 0.944. The second-order valence-corrected chi connectivity index (χ2v) is 5.41. The first kappa shape index (κ1) is 12.0. The third kappa shape index (κ3) is 2.42. The van der Waals surface area contributed by atoms with Gasteiger partial charge in [0.05, 0.1) is 0 Å². The number of alkyl halides is 1. The molecule has 1 aromatic rings. The molecular formula is C14H20BrN. The third-order valence-corrected chi connectivity index (χ3v) is 4.44. The van der Waals surface area contributed by atoms with Gasteiger partial charge in [-0.15, -0.1) is 0 Å². The van der Waals surface area contributed by atoms with Crippen LogP contribution in [0, 0.1) is 5.92 Å². The van der Waals surface area contributed by atoms with E-state index in [2.05, 4.69) is 58.9 Å². The Hall–Kier alpha value is -0.500. The molecule has 0 amide bonds. The number of benzene rings is 1. The first-order valence-electron chi connectivity index (χ1n) is 6.14. The number of piperidine rings is 1. The van der Waals surface area contributed by atoms with Gasteiger partial charge in [-0.1, -0.05) is 35.0 Å². The maximum absolute atomic E-state index is 3.49. The molecule has 1 nitrogen and oxygen atoms in total. The van der Waals surface area contributed by atoms with Crippen LogP contribution in [0.5, 0.6) is 0 Å². The maximum Gasteiger partial charge on any atom is 0.0368 e. The summed E-state index contributed by atoms with van der Waals surface area (Å²) in [6.45, 7) is 5.92. The van der Waals surface area contributed by atoms with Crippen LogP contribution in [0.25, 0.3) is 0 Å². The summed E-state index contributed by atoms with van der Waals surface area (Å²) >= 11 is 3.49. The van der Waals surface area contributed by atoms with E-state index in [1.807, 2.05) is 0 Å². The number of hydrogen-bond donors (Lipinski definition) is 0. The van der Waals surface area contributed by atoms with Crippen molar-refractivity contribution < 1.29 is 0 Å². The lowest BCUT2D eigenvalue weighted by Crippen LogP contribution is -2.42. The average Bonchev–Trinajstić information content (AvgIpc) is 2.33. The van der Waals surface area contributed by atoms with Gasteiger partial charge < -0.3 is 4.90 Å². The summed E-state index contributed by atoms with van der Waals surface area (Å²) < 4.78 is 0. The molecule has 1 saturated heterocycles. The van der Waals surface area contributed by atoms with E-state index in [1.165, 1.54) is 30.6 Å². The van der Waals surface area contributed by atoms with Crippen molar-refractivity contribution in [3.8, 4) is 0 Å². The Labute approximate surface area is 107 Å². The van der Waals surface area contributed by atoms with E-state index in [4.69, 9.17) is 0 Å². The Bertz CT molecular complexity index is 333. The lowest BCUT2D eigenvalue weighted by Gasteiger charge is -2.39. The minimum absolute atomic E-state index is 0.670. The standard InChI is InChI=1S/C14H20BrN/c1-11-4-3-9-16(12(11)2)14-7-5-13(10-15)6-8-14/h5-8,11-12H,3-4,9-10H2,1-2H3. The molecule has 88 valence electrons. The highest BCUT2D eigenvalue weighted by Gasteiger charge is 2.24. The number of halogens is 1. The summed E-state index contributed by atoms with van der Waals surface area (Å²) in [5.41, 5.74) is 2.73. The summed E-state index contributed by atoms with van der Waals surface area (Å²) in [6, 6.07) is 9.62. The van der Waals surface area contributed by atoms with Crippen LogP contribution in [0.1, 0.15) is 32.3 Å². The van der Waals surface area contributed by atoms with Crippen molar-refractivity contribution in [1.82, 2.24) is 0 Å². The summed E-state index contributed by atoms with van der Waals surface area (Å²) in [5.74, 6) is 0.810. The minimum atomic E-state index is 0.670. The molecule has 0 aromatic heterocycles. The first-order chi connectivity index (χ1) is 7.72. The van der Waals surface area contributed by atoms with Crippen molar-refractivity contribution in [2.75, 3.05) is 11.4 Å². The predicted molar refractivity (Wildman–Crippen MR) is 74.3 cm³/mol. The number of rotatable bonds is 2. The fourth-order valence-corrected chi connectivity index (χ4v) is 2.85. The normalized spacial score (nSPS) is 25.8. The fourth-order valence-electron chi connectivity index (χ4n) is 2.48. The maximum atomic E-state index is 3.49. The monoisotopic (exact) mass is 281 g/mol. The van der Waals surface area contributed by atoms with Crippen LogP contribution in [-0.2, 0) is 5.33 Å². The van der Waals surface area contributed by atoms with E-state index in [0.717, 1.165) is 11.2 Å². The van der Waals surface area contributed by atoms with Crippen molar-refractivity contribution in [2.45, 2.75) is 38.1 Å². The van der Waals surface area contributed by atoms with Crippen LogP contribution < -0.4 is 4.90 Å². The Balaban J connectivity index is 2.15. The molecule has 2 atom stereocenters. The van der Waals surface area contributed by atoms with Gasteiger partial charge in [-0.05, 0) is 43.4 Å². The molecule has 1 fully saturated rings. The molecule has 1 heterocycles. The van der Waals surface area contributed by atoms with Gasteiger partial charge in [0.25, 0.3) is 0 Å². The predicted octanol–water partition coefficient (Wildman–Crippen LogP) is 4.21. The molecule has 1 aliphatic heterocycles. The van der Waals surface area contributed by atoms with Crippen LogP contribution in [0.2, 0.25) is 0 Å². The van der Waals surface area contributed by atoms with E-state index in [1.54, 1.807) is 0 Å². The van der Waals surface area contributed by atoms with E-state index in [9.17, 15) is 0 Å². The number of anilines is 1. The molecule has 2 rings (SSSR count). The van der Waals surface area contributed by atoms with Gasteiger partial charge in [-0.25, -0.2) is 0 Å². The fraction of sp³-hybridized carbons (Fsp3) is 0.571. The third-order valence-electron chi connectivity index (χ3n) is 3.80. The van der Waals surface area contributed by atoms with Crippen LogP contribution in [0.3, 0.4) is 0 Å². The topological polar surface area (TPSA) is 3.24 Å². The van der Waals surface area contributed by atoms with Crippen LogP contribution in [0.4, 0.5) is 5.69 Å². The van der Waals surface area contributed by atoms with Gasteiger partial charge in [0.1, 0.15) is 0 Å². The van der Waals surface area contributed by atoms with E-state index >= 15 is 0 Å². The van der Waals surface area contributed by atoms with Gasteiger partial charge in [0.2, 0.25) is 0 Å². The van der Waals surface area contributed by atoms with E-state index in [-0.39, 0.29) is 0 Å². The molecule has 0 saturated carbocycles. The van der Waals surface area contributed by atoms with Gasteiger partial charge in [0, 0.05) is 23.6 Å². The molecule has 0 bridgehead atoms. The van der Waals surface area contributed by atoms with Gasteiger partial charge in [-0.2, -0.15) is 0 Å². The molecule has 0 radical (unpaired) electrons. The average molecular weight is 282 g/mol. The minimum Gasteiger partial charge on any atom is -0.369 e. The zero-order chi connectivity index (χ0) is 11.5. The van der Waals surface area contributed by atoms with E-state index in [0.29, 0.717) is 6.04 Å². The van der Waals surface area contributed by atoms with Crippen molar-refractivity contribution in [1.29, 1.82) is 0 Å². The Morgan fingerprint density at radius 1 is 1.25 bits per heavy atom. The molecule has 0 aliphatic carbocycles. The second kappa shape index (κ2) is 5.22. The highest BCUT2D eigenvalue weighted by molar-refractivity contribution is 9.08. The van der Waals surface area contributed by atoms with Crippen molar-refractivity contribution in [3.63, 3.8) is 0 Å². The quantitative estimate of drug-likeness (QED) is 0.735. The zero-order valence-corrected chi connectivity index (χ0v) is 11.7. The van der Waals surface area contributed by atoms with Crippen LogP contribution >= 0.6 is 15.9 Å². The summed E-state index contributed by atoms with van der Waals surface area (Å²) in [4.78, 5) is 2.55. The summed E-state index contributed by atoms with van der Waals surface area (Å²) in [6.07, 6.45) is 2.70. The molecule has 2 unspecified atom stereocenters. The Morgan fingerprint density at radius 3 is 2.56 bits per heavy atom. The SMILES string of the molecule is CC1CCCN(c2ccc(CBr)cc2)C1C. The van der Waals surface area contributed by atoms with Crippen molar-refractivity contribution >= 4 is 21.6 Å². The molecular weight excluding hydrogens is 262 g/mol. The highest BCUT2D eigenvalue weighted by atomic mass is 79.9. The first-order valence-corrected chi connectivity index (χ1v) is 7.26. The largest absolute Gasteiger partial charge is 0.369 e. The van der Waals surface area contributed by atoms with Crippen LogP contribution in [0.15, 0.2) is 24.3 Å². The molecule has 0 spiro atoms. The smallest absolute Gasteiger partial charge is 0.0368 e. The molecule has 1 aliphatic rings. The van der Waals surface area contributed by atoms with Crippen molar-refractivity contribution in [2.24, 2.45) is 5.92 Å². The van der Waals surface area contributed by atoms with Gasteiger partial charge >= 0.3 is 0 Å². The van der Waals surface area contributed by atoms with Gasteiger partial charge in [0.15, 0.2) is 0 Å². The van der Waals surface area contributed by atoms with Crippen LogP contribution in [-0.4, -0.2) is 12.6 Å².